The van der Waals surface area contributed by atoms with Gasteiger partial charge in [0.25, 0.3) is 11.6 Å². The van der Waals surface area contributed by atoms with Crippen LogP contribution in [0.1, 0.15) is 34.3 Å². The highest BCUT2D eigenvalue weighted by Crippen LogP contribution is 2.29. The first kappa shape index (κ1) is 26.7. The van der Waals surface area contributed by atoms with Gasteiger partial charge in [0.1, 0.15) is 6.54 Å². The van der Waals surface area contributed by atoms with Gasteiger partial charge < -0.3 is 14.8 Å². The Kier molecular flexibility index (Phi) is 7.86. The third kappa shape index (κ3) is 6.24. The Morgan fingerprint density at radius 1 is 1.00 bits per heavy atom. The Bertz CT molecular complexity index is 1530. The number of aromatic nitrogens is 1. The number of aromatic amines is 1. The fourth-order valence-electron chi connectivity index (χ4n) is 4.63. The molecule has 8 nitrogen and oxygen atoms in total. The van der Waals surface area contributed by atoms with Gasteiger partial charge >= 0.3 is 0 Å². The summed E-state index contributed by atoms with van der Waals surface area (Å²) >= 11 is 12.3. The number of hydrogen-bond acceptors (Lipinski definition) is 4. The summed E-state index contributed by atoms with van der Waals surface area (Å²) in [6.45, 7) is 0.656. The maximum atomic E-state index is 13.7. The van der Waals surface area contributed by atoms with Crippen LogP contribution in [-0.4, -0.2) is 50.7 Å². The molecule has 3 aromatic carbocycles. The van der Waals surface area contributed by atoms with Crippen molar-refractivity contribution in [2.24, 2.45) is 0 Å². The first-order chi connectivity index (χ1) is 18.8. The van der Waals surface area contributed by atoms with Gasteiger partial charge in [0, 0.05) is 53.9 Å². The molecule has 200 valence electrons. The number of fused-ring (bicyclic) bond motifs is 1. The van der Waals surface area contributed by atoms with Gasteiger partial charge in [-0.15, -0.1) is 0 Å². The summed E-state index contributed by atoms with van der Waals surface area (Å²) in [6, 6.07) is 18.7. The van der Waals surface area contributed by atoms with Gasteiger partial charge in [-0.3, -0.25) is 19.7 Å². The van der Waals surface area contributed by atoms with Crippen LogP contribution in [0.25, 0.3) is 10.9 Å². The van der Waals surface area contributed by atoms with Crippen LogP contribution in [0.5, 0.6) is 0 Å². The normalized spacial score (nSPS) is 12.9. The predicted octanol–water partition coefficient (Wildman–Crippen LogP) is 6.26. The zero-order valence-corrected chi connectivity index (χ0v) is 22.5. The fraction of sp³-hybridized carbons (Fsp3) is 0.241. The average molecular weight is 565 g/mol. The van der Waals surface area contributed by atoms with E-state index in [1.54, 1.807) is 21.9 Å². The van der Waals surface area contributed by atoms with Crippen molar-refractivity contribution in [2.75, 3.05) is 13.1 Å². The molecule has 1 N–H and O–H groups in total. The molecule has 0 atom stereocenters. The third-order valence-electron chi connectivity index (χ3n) is 6.92. The lowest BCUT2D eigenvalue weighted by Gasteiger charge is -2.28. The van der Waals surface area contributed by atoms with Crippen LogP contribution in [0.4, 0.5) is 5.69 Å². The molecule has 0 spiro atoms. The number of nitro groups is 1. The number of carbonyl (C=O) groups excluding carboxylic acids is 2. The van der Waals surface area contributed by atoms with Crippen molar-refractivity contribution in [1.82, 2.24) is 14.8 Å². The topological polar surface area (TPSA) is 99.5 Å². The van der Waals surface area contributed by atoms with Crippen molar-refractivity contribution < 1.29 is 14.5 Å². The number of benzene rings is 3. The van der Waals surface area contributed by atoms with Crippen molar-refractivity contribution in [3.05, 3.63) is 110 Å². The minimum absolute atomic E-state index is 0.0305. The van der Waals surface area contributed by atoms with E-state index in [0.717, 1.165) is 34.9 Å². The number of hydrogen-bond donors (Lipinski definition) is 1. The van der Waals surface area contributed by atoms with E-state index in [-0.39, 0.29) is 30.1 Å². The number of nitrogens with zero attached hydrogens (tertiary/aromatic N) is 3. The molecule has 4 aromatic rings. The molecule has 1 aliphatic carbocycles. The third-order valence-corrected chi connectivity index (χ3v) is 7.65. The number of nitro benzene ring substituents is 1. The number of carbonyl (C=O) groups is 2. The number of halogens is 2. The second-order valence-corrected chi connectivity index (χ2v) is 10.5. The maximum Gasteiger partial charge on any atom is 0.269 e. The molecule has 0 saturated heterocycles. The molecule has 1 fully saturated rings. The summed E-state index contributed by atoms with van der Waals surface area (Å²) in [4.78, 5) is 44.2. The van der Waals surface area contributed by atoms with Crippen molar-refractivity contribution in [2.45, 2.75) is 31.8 Å². The molecule has 39 heavy (non-hydrogen) atoms. The SMILES string of the molecule is O=C(CN(C(=O)c1ccc([N+](=O)[O-])cc1)C1CC1)N(CCc1c[nH]c2ccccc12)Cc1ccc(Cl)c(Cl)c1. The van der Waals surface area contributed by atoms with Crippen molar-refractivity contribution in [3.63, 3.8) is 0 Å². The largest absolute Gasteiger partial charge is 0.361 e. The Labute approximate surface area is 235 Å². The van der Waals surface area contributed by atoms with Gasteiger partial charge in [0.15, 0.2) is 0 Å². The molecule has 1 heterocycles. The van der Waals surface area contributed by atoms with Crippen molar-refractivity contribution in [3.8, 4) is 0 Å². The number of rotatable bonds is 10. The van der Waals surface area contributed by atoms with Gasteiger partial charge in [-0.1, -0.05) is 47.5 Å². The molecule has 5 rings (SSSR count). The fourth-order valence-corrected chi connectivity index (χ4v) is 4.96. The van der Waals surface area contributed by atoms with Crippen LogP contribution < -0.4 is 0 Å². The summed E-state index contributed by atoms with van der Waals surface area (Å²) in [5.74, 6) is -0.505. The minimum atomic E-state index is -0.509. The van der Waals surface area contributed by atoms with Gasteiger partial charge in [-0.2, -0.15) is 0 Å². The van der Waals surface area contributed by atoms with Gasteiger partial charge in [0.2, 0.25) is 5.91 Å². The highest BCUT2D eigenvalue weighted by atomic mass is 35.5. The Balaban J connectivity index is 1.36. The lowest BCUT2D eigenvalue weighted by Crippen LogP contribution is -2.44. The van der Waals surface area contributed by atoms with Gasteiger partial charge in [-0.05, 0) is 60.7 Å². The summed E-state index contributed by atoms with van der Waals surface area (Å²) in [7, 11) is 0. The number of amides is 2. The first-order valence-electron chi connectivity index (χ1n) is 12.6. The first-order valence-corrected chi connectivity index (χ1v) is 13.4. The molecule has 0 bridgehead atoms. The Hall–Kier alpha value is -3.88. The molecule has 1 saturated carbocycles. The van der Waals surface area contributed by atoms with Gasteiger partial charge in [0.05, 0.1) is 15.0 Å². The quantitative estimate of drug-likeness (QED) is 0.181. The average Bonchev–Trinajstić information content (AvgIpc) is 3.70. The molecular formula is C29H26Cl2N4O4. The van der Waals surface area contributed by atoms with Crippen LogP contribution in [0.2, 0.25) is 10.0 Å². The van der Waals surface area contributed by atoms with Crippen LogP contribution in [-0.2, 0) is 17.8 Å². The van der Waals surface area contributed by atoms with Crippen molar-refractivity contribution in [1.29, 1.82) is 0 Å². The van der Waals surface area contributed by atoms with Crippen LogP contribution >= 0.6 is 23.2 Å². The Morgan fingerprint density at radius 2 is 1.74 bits per heavy atom. The molecule has 0 aliphatic heterocycles. The van der Waals surface area contributed by atoms with Crippen LogP contribution in [0.15, 0.2) is 72.9 Å². The number of para-hydroxylation sites is 1. The molecular weight excluding hydrogens is 539 g/mol. The smallest absolute Gasteiger partial charge is 0.269 e. The predicted molar refractivity (Wildman–Crippen MR) is 151 cm³/mol. The molecule has 1 aliphatic rings. The summed E-state index contributed by atoms with van der Waals surface area (Å²) in [5.41, 5.74) is 3.18. The monoisotopic (exact) mass is 564 g/mol. The second kappa shape index (κ2) is 11.5. The van der Waals surface area contributed by atoms with E-state index >= 15 is 0 Å². The van der Waals surface area contributed by atoms with Crippen LogP contribution in [0, 0.1) is 10.1 Å². The maximum absolute atomic E-state index is 13.7. The molecule has 2 amide bonds. The second-order valence-electron chi connectivity index (χ2n) is 9.64. The van der Waals surface area contributed by atoms with Crippen molar-refractivity contribution >= 4 is 51.6 Å². The van der Waals surface area contributed by atoms with E-state index in [1.807, 2.05) is 36.5 Å². The van der Waals surface area contributed by atoms with E-state index in [4.69, 9.17) is 23.2 Å². The lowest BCUT2D eigenvalue weighted by atomic mass is 10.1. The van der Waals surface area contributed by atoms with E-state index in [9.17, 15) is 19.7 Å². The lowest BCUT2D eigenvalue weighted by molar-refractivity contribution is -0.384. The zero-order chi connectivity index (χ0) is 27.5. The number of nitrogens with one attached hydrogen (secondary N) is 1. The van der Waals surface area contributed by atoms with Gasteiger partial charge in [-0.25, -0.2) is 0 Å². The summed E-state index contributed by atoms with van der Waals surface area (Å²) in [5, 5.41) is 13.0. The number of non-ortho nitro benzene ring substituents is 1. The number of H-pyrrole nitrogens is 1. The highest BCUT2D eigenvalue weighted by Gasteiger charge is 2.35. The molecule has 0 unspecified atom stereocenters. The van der Waals surface area contributed by atoms with E-state index < -0.39 is 4.92 Å². The standard InChI is InChI=1S/C29H26Cl2N4O4/c30-25-12-5-19(15-26(25)31)17-33(14-13-21-16-32-27-4-2-1-3-24(21)27)28(36)18-34(22-10-11-22)29(37)20-6-8-23(9-7-20)35(38)39/h1-9,12,15-16,22,32H,10-11,13-14,17-18H2. The van der Waals surface area contributed by atoms with E-state index in [0.29, 0.717) is 35.1 Å². The molecule has 1 aromatic heterocycles. The minimum Gasteiger partial charge on any atom is -0.361 e. The zero-order valence-electron chi connectivity index (χ0n) is 21.0. The molecule has 0 radical (unpaired) electrons. The van der Waals surface area contributed by atoms with E-state index in [1.165, 1.54) is 24.3 Å². The Morgan fingerprint density at radius 3 is 2.44 bits per heavy atom. The summed E-state index contributed by atoms with van der Waals surface area (Å²) < 4.78 is 0. The summed E-state index contributed by atoms with van der Waals surface area (Å²) in [6.07, 6.45) is 4.21. The highest BCUT2D eigenvalue weighted by molar-refractivity contribution is 6.42. The van der Waals surface area contributed by atoms with Crippen LogP contribution in [0.3, 0.4) is 0 Å². The van der Waals surface area contributed by atoms with E-state index in [2.05, 4.69) is 4.98 Å². The molecule has 10 heteroatoms.